The molecular formula is C33H35N7O3S2. The first-order valence-electron chi connectivity index (χ1n) is 15.3. The lowest BCUT2D eigenvalue weighted by Crippen LogP contribution is -2.51. The molecule has 0 radical (unpaired) electrons. The summed E-state index contributed by atoms with van der Waals surface area (Å²) in [5.74, 6) is 8.16. The van der Waals surface area contributed by atoms with Crippen LogP contribution in [-0.2, 0) is 9.53 Å². The summed E-state index contributed by atoms with van der Waals surface area (Å²) >= 11 is 3.42. The second kappa shape index (κ2) is 12.3. The maximum absolute atomic E-state index is 13.6. The third kappa shape index (κ3) is 5.72. The van der Waals surface area contributed by atoms with Crippen LogP contribution >= 0.6 is 22.7 Å². The van der Waals surface area contributed by atoms with E-state index in [-0.39, 0.29) is 17.9 Å². The number of carbonyl (C=O) groups excluding carboxylic acids is 2. The van der Waals surface area contributed by atoms with E-state index in [0.29, 0.717) is 12.6 Å². The lowest BCUT2D eigenvalue weighted by atomic mass is 10.0. The Labute approximate surface area is 269 Å². The highest BCUT2D eigenvalue weighted by Crippen LogP contribution is 2.41. The Hall–Kier alpha value is -4.18. The lowest BCUT2D eigenvalue weighted by Gasteiger charge is -2.29. The first kappa shape index (κ1) is 29.5. The predicted octanol–water partition coefficient (Wildman–Crippen LogP) is 6.10. The molecule has 0 bridgehead atoms. The zero-order valence-electron chi connectivity index (χ0n) is 25.4. The largest absolute Gasteiger partial charge is 0.453 e. The van der Waals surface area contributed by atoms with Gasteiger partial charge in [-0.3, -0.25) is 4.79 Å². The van der Waals surface area contributed by atoms with Gasteiger partial charge in [0.2, 0.25) is 5.91 Å². The number of aromatic nitrogens is 4. The van der Waals surface area contributed by atoms with Crippen LogP contribution in [0.5, 0.6) is 0 Å². The summed E-state index contributed by atoms with van der Waals surface area (Å²) in [6.45, 7) is 5.49. The summed E-state index contributed by atoms with van der Waals surface area (Å²) in [4.78, 5) is 43.6. The molecule has 45 heavy (non-hydrogen) atoms. The van der Waals surface area contributed by atoms with Crippen molar-refractivity contribution in [2.75, 3.05) is 20.2 Å². The Morgan fingerprint density at radius 2 is 1.96 bits per heavy atom. The number of aromatic amines is 2. The van der Waals surface area contributed by atoms with Crippen molar-refractivity contribution in [3.05, 3.63) is 58.1 Å². The molecule has 4 aromatic heterocycles. The summed E-state index contributed by atoms with van der Waals surface area (Å²) in [5, 5.41) is 10.5. The number of imidazole rings is 2. The molecule has 0 saturated carbocycles. The van der Waals surface area contributed by atoms with Gasteiger partial charge in [0.15, 0.2) is 0 Å². The second-order valence-electron chi connectivity index (χ2n) is 11.9. The van der Waals surface area contributed by atoms with E-state index in [4.69, 9.17) is 9.72 Å². The number of hydrogen-bond donors (Lipinski definition) is 4. The molecule has 232 valence electrons. The maximum Gasteiger partial charge on any atom is 0.407 e. The van der Waals surface area contributed by atoms with Gasteiger partial charge in [-0.25, -0.2) is 14.8 Å². The lowest BCUT2D eigenvalue weighted by molar-refractivity contribution is -0.135. The van der Waals surface area contributed by atoms with E-state index in [9.17, 15) is 9.59 Å². The normalized spacial score (nSPS) is 18.9. The molecule has 2 aliphatic rings. The van der Waals surface area contributed by atoms with Crippen molar-refractivity contribution in [2.45, 2.75) is 57.7 Å². The summed E-state index contributed by atoms with van der Waals surface area (Å²) in [7, 11) is 1.30. The molecule has 7 rings (SSSR count). The molecule has 4 N–H and O–H groups in total. The number of fused-ring (bicyclic) bond motifs is 2. The van der Waals surface area contributed by atoms with Gasteiger partial charge in [0.05, 0.1) is 51.4 Å². The van der Waals surface area contributed by atoms with Gasteiger partial charge in [0.1, 0.15) is 23.4 Å². The number of thiophene rings is 2. The molecule has 12 heteroatoms. The van der Waals surface area contributed by atoms with E-state index in [1.165, 1.54) is 28.5 Å². The third-order valence-electron chi connectivity index (χ3n) is 8.66. The smallest absolute Gasteiger partial charge is 0.407 e. The molecule has 3 atom stereocenters. The number of amides is 2. The quantitative estimate of drug-likeness (QED) is 0.166. The molecule has 2 aliphatic heterocycles. The highest BCUT2D eigenvalue weighted by molar-refractivity contribution is 7.27. The van der Waals surface area contributed by atoms with Gasteiger partial charge >= 0.3 is 6.09 Å². The number of methoxy groups -OCH3 is 1. The van der Waals surface area contributed by atoms with Crippen LogP contribution in [0.25, 0.3) is 31.6 Å². The molecule has 6 heterocycles. The maximum atomic E-state index is 13.6. The van der Waals surface area contributed by atoms with Crippen molar-refractivity contribution in [3.8, 4) is 23.0 Å². The molecule has 2 fully saturated rings. The molecule has 2 amide bonds. The molecule has 0 spiro atoms. The zero-order valence-corrected chi connectivity index (χ0v) is 27.0. The third-order valence-corrected chi connectivity index (χ3v) is 10.8. The first-order valence-corrected chi connectivity index (χ1v) is 17.1. The average molecular weight is 642 g/mol. The fourth-order valence-electron chi connectivity index (χ4n) is 6.28. The van der Waals surface area contributed by atoms with E-state index >= 15 is 0 Å². The van der Waals surface area contributed by atoms with Crippen LogP contribution in [0.2, 0.25) is 0 Å². The van der Waals surface area contributed by atoms with Crippen LogP contribution in [0.3, 0.4) is 0 Å². The predicted molar refractivity (Wildman–Crippen MR) is 177 cm³/mol. The van der Waals surface area contributed by atoms with E-state index in [1.807, 2.05) is 31.0 Å². The van der Waals surface area contributed by atoms with Crippen LogP contribution in [0.1, 0.15) is 74.5 Å². The van der Waals surface area contributed by atoms with E-state index in [0.717, 1.165) is 65.3 Å². The highest BCUT2D eigenvalue weighted by Gasteiger charge is 2.37. The first-order chi connectivity index (χ1) is 21.9. The fraction of sp³-hybridized carbons (Fsp3) is 0.394. The van der Waals surface area contributed by atoms with Gasteiger partial charge in [-0.2, -0.15) is 0 Å². The average Bonchev–Trinajstić information content (AvgIpc) is 3.87. The summed E-state index contributed by atoms with van der Waals surface area (Å²) in [6.07, 6.45) is 5.17. The molecule has 2 saturated heterocycles. The Kier molecular flexibility index (Phi) is 8.08. The Morgan fingerprint density at radius 3 is 2.76 bits per heavy atom. The van der Waals surface area contributed by atoms with Crippen LogP contribution in [0, 0.1) is 17.8 Å². The van der Waals surface area contributed by atoms with Gasteiger partial charge in [-0.15, -0.1) is 22.7 Å². The highest BCUT2D eigenvalue weighted by atomic mass is 32.1. The van der Waals surface area contributed by atoms with E-state index in [2.05, 4.69) is 60.3 Å². The Balaban J connectivity index is 1.12. The summed E-state index contributed by atoms with van der Waals surface area (Å²) in [5.41, 5.74) is 5.92. The number of nitrogens with zero attached hydrogens (tertiary/aromatic N) is 3. The fourth-order valence-corrected chi connectivity index (χ4v) is 8.60. The van der Waals surface area contributed by atoms with Crippen LogP contribution < -0.4 is 10.6 Å². The second-order valence-corrected chi connectivity index (χ2v) is 13.7. The Morgan fingerprint density at radius 1 is 1.09 bits per heavy atom. The molecule has 0 aliphatic carbocycles. The number of ether oxygens (including phenoxy) is 1. The molecule has 1 unspecified atom stereocenters. The number of hydrogen-bond acceptors (Lipinski definition) is 8. The summed E-state index contributed by atoms with van der Waals surface area (Å²) < 4.78 is 7.16. The van der Waals surface area contributed by atoms with Gasteiger partial charge in [-0.05, 0) is 61.8 Å². The van der Waals surface area contributed by atoms with Gasteiger partial charge < -0.3 is 30.2 Å². The number of nitrogens with one attached hydrogen (secondary N) is 4. The molecule has 1 aromatic carbocycles. The van der Waals surface area contributed by atoms with Crippen molar-refractivity contribution in [2.24, 2.45) is 5.92 Å². The van der Waals surface area contributed by atoms with Crippen molar-refractivity contribution in [1.29, 1.82) is 0 Å². The van der Waals surface area contributed by atoms with Crippen molar-refractivity contribution in [1.82, 2.24) is 35.5 Å². The van der Waals surface area contributed by atoms with Crippen LogP contribution in [0.15, 0.2) is 35.2 Å². The van der Waals surface area contributed by atoms with Gasteiger partial charge in [0, 0.05) is 22.9 Å². The molecule has 10 nitrogen and oxygen atoms in total. The van der Waals surface area contributed by atoms with E-state index in [1.54, 1.807) is 22.7 Å². The monoisotopic (exact) mass is 641 g/mol. The van der Waals surface area contributed by atoms with Gasteiger partial charge in [0.25, 0.3) is 0 Å². The molecule has 5 aromatic rings. The van der Waals surface area contributed by atoms with E-state index < -0.39 is 12.1 Å². The minimum atomic E-state index is -0.665. The van der Waals surface area contributed by atoms with Crippen LogP contribution in [0.4, 0.5) is 4.79 Å². The van der Waals surface area contributed by atoms with Crippen molar-refractivity contribution >= 4 is 55.1 Å². The number of rotatable bonds is 6. The van der Waals surface area contributed by atoms with Crippen molar-refractivity contribution < 1.29 is 14.3 Å². The zero-order chi connectivity index (χ0) is 31.1. The summed E-state index contributed by atoms with van der Waals surface area (Å²) in [6, 6.07) is 5.73. The number of alkyl carbamates (subject to hydrolysis) is 1. The number of carbonyl (C=O) groups is 2. The number of likely N-dealkylation sites (tertiary alicyclic amines) is 1. The van der Waals surface area contributed by atoms with Crippen LogP contribution in [-0.4, -0.2) is 63.1 Å². The number of benzene rings is 1. The minimum absolute atomic E-state index is 0.0836. The van der Waals surface area contributed by atoms with Gasteiger partial charge in [-0.1, -0.05) is 25.8 Å². The standard InChI is InChI=1S/C33H35N7O3S2/c1-18(2)27(39-33(42)43-3)32(41)40-13-5-7-26(40)31-37-23-11-9-19(14-25(23)38-31)22-17-45-28-20(16-44-29(22)28)8-10-21-15-35-30(36-21)24-6-4-12-34-24/h9,11,14-18,24,26-27,34H,4-7,12-13H2,1-3H3,(H,35,36)(H,37,38)(H,39,42)/t24?,26-,27-/m0/s1. The minimum Gasteiger partial charge on any atom is -0.453 e. The number of H-pyrrole nitrogens is 2. The molecular weight excluding hydrogens is 607 g/mol. The Bertz CT molecular complexity index is 1930. The topological polar surface area (TPSA) is 128 Å². The van der Waals surface area contributed by atoms with Crippen molar-refractivity contribution in [3.63, 3.8) is 0 Å². The SMILES string of the molecule is COC(=O)N[C@H](C(=O)N1CCC[C@H]1c1nc2ccc(-c3csc4c(C#Cc5cnc(C6CCCN6)[nH]5)csc34)cc2[nH]1)C(C)C.